The van der Waals surface area contributed by atoms with Crippen LogP contribution in [0.4, 0.5) is 18.9 Å². The maximum Gasteiger partial charge on any atom is 0.416 e. The summed E-state index contributed by atoms with van der Waals surface area (Å²) < 4.78 is 39.0. The first kappa shape index (κ1) is 19.3. The Morgan fingerprint density at radius 3 is 2.48 bits per heavy atom. The van der Waals surface area contributed by atoms with Crippen LogP contribution in [0.2, 0.25) is 0 Å². The molecule has 0 aromatic heterocycles. The number of hydrogen-bond acceptors (Lipinski definition) is 3. The third kappa shape index (κ3) is 5.24. The van der Waals surface area contributed by atoms with Gasteiger partial charge in [0, 0.05) is 22.4 Å². The molecule has 0 heterocycles. The van der Waals surface area contributed by atoms with E-state index in [1.165, 1.54) is 17.8 Å². The molecule has 3 N–H and O–H groups in total. The second-order valence-corrected chi connectivity index (χ2v) is 7.36. The average Bonchev–Trinajstić information content (AvgIpc) is 2.53. The fourth-order valence-corrected chi connectivity index (χ4v) is 3.21. The highest BCUT2D eigenvalue weighted by Crippen LogP contribution is 2.32. The largest absolute Gasteiger partial charge is 0.416 e. The SMILES string of the molecule is CC(C)Sc1ccccc1C(=O)Nc1cc(CN)cc(C(F)(F)F)c1. The normalized spacial score (nSPS) is 11.6. The molecule has 0 aliphatic rings. The van der Waals surface area contributed by atoms with Crippen molar-refractivity contribution in [3.8, 4) is 0 Å². The number of carbonyl (C=O) groups is 1. The van der Waals surface area contributed by atoms with E-state index in [2.05, 4.69) is 5.32 Å². The first-order valence-corrected chi connectivity index (χ1v) is 8.57. The number of nitrogens with one attached hydrogen (secondary N) is 1. The van der Waals surface area contributed by atoms with E-state index in [9.17, 15) is 18.0 Å². The van der Waals surface area contributed by atoms with Crippen LogP contribution in [0.1, 0.15) is 35.3 Å². The zero-order chi connectivity index (χ0) is 18.6. The molecule has 0 atom stereocenters. The summed E-state index contributed by atoms with van der Waals surface area (Å²) in [5.41, 5.74) is 5.43. The quantitative estimate of drug-likeness (QED) is 0.737. The van der Waals surface area contributed by atoms with Crippen molar-refractivity contribution in [2.75, 3.05) is 5.32 Å². The van der Waals surface area contributed by atoms with Crippen molar-refractivity contribution in [1.82, 2.24) is 0 Å². The smallest absolute Gasteiger partial charge is 0.326 e. The minimum absolute atomic E-state index is 0.0490. The summed E-state index contributed by atoms with van der Waals surface area (Å²) in [6.45, 7) is 3.95. The van der Waals surface area contributed by atoms with Gasteiger partial charge in [-0.15, -0.1) is 11.8 Å². The van der Waals surface area contributed by atoms with E-state index in [1.54, 1.807) is 12.1 Å². The van der Waals surface area contributed by atoms with E-state index in [1.807, 2.05) is 26.0 Å². The summed E-state index contributed by atoms with van der Waals surface area (Å²) in [7, 11) is 0. The molecule has 0 unspecified atom stereocenters. The molecule has 2 rings (SSSR count). The summed E-state index contributed by atoms with van der Waals surface area (Å²) in [6, 6.07) is 10.3. The molecule has 7 heteroatoms. The second-order valence-electron chi connectivity index (χ2n) is 5.74. The van der Waals surface area contributed by atoms with Crippen molar-refractivity contribution in [2.24, 2.45) is 5.73 Å². The summed E-state index contributed by atoms with van der Waals surface area (Å²) in [5, 5.41) is 2.82. The highest BCUT2D eigenvalue weighted by molar-refractivity contribution is 8.00. The van der Waals surface area contributed by atoms with E-state index in [0.717, 1.165) is 17.0 Å². The number of benzene rings is 2. The molecule has 0 saturated heterocycles. The zero-order valence-electron chi connectivity index (χ0n) is 13.9. The van der Waals surface area contributed by atoms with Crippen molar-refractivity contribution in [3.05, 3.63) is 59.2 Å². The van der Waals surface area contributed by atoms with Crippen molar-refractivity contribution in [1.29, 1.82) is 0 Å². The Morgan fingerprint density at radius 1 is 1.20 bits per heavy atom. The summed E-state index contributed by atoms with van der Waals surface area (Å²) >= 11 is 1.52. The van der Waals surface area contributed by atoms with E-state index in [4.69, 9.17) is 5.73 Å². The number of anilines is 1. The van der Waals surface area contributed by atoms with Crippen molar-refractivity contribution >= 4 is 23.4 Å². The fourth-order valence-electron chi connectivity index (χ4n) is 2.26. The first-order chi connectivity index (χ1) is 11.7. The number of thioether (sulfide) groups is 1. The van der Waals surface area contributed by atoms with Crippen LogP contribution in [0.5, 0.6) is 0 Å². The maximum absolute atomic E-state index is 13.0. The van der Waals surface area contributed by atoms with Crippen LogP contribution in [-0.2, 0) is 12.7 Å². The lowest BCUT2D eigenvalue weighted by atomic mass is 10.1. The predicted octanol–water partition coefficient (Wildman–Crippen LogP) is 4.92. The number of alkyl halides is 3. The minimum Gasteiger partial charge on any atom is -0.326 e. The number of nitrogens with two attached hydrogens (primary N) is 1. The first-order valence-electron chi connectivity index (χ1n) is 7.69. The number of hydrogen-bond donors (Lipinski definition) is 2. The fraction of sp³-hybridized carbons (Fsp3) is 0.278. The Balaban J connectivity index is 2.32. The van der Waals surface area contributed by atoms with Gasteiger partial charge >= 0.3 is 6.18 Å². The Hall–Kier alpha value is -1.99. The van der Waals surface area contributed by atoms with Gasteiger partial charge in [0.05, 0.1) is 11.1 Å². The van der Waals surface area contributed by atoms with E-state index in [0.29, 0.717) is 11.1 Å². The maximum atomic E-state index is 13.0. The number of carbonyl (C=O) groups excluding carboxylic acids is 1. The molecule has 1 amide bonds. The van der Waals surface area contributed by atoms with Gasteiger partial charge in [0.25, 0.3) is 5.91 Å². The monoisotopic (exact) mass is 368 g/mol. The molecule has 0 bridgehead atoms. The summed E-state index contributed by atoms with van der Waals surface area (Å²) in [4.78, 5) is 13.3. The molecule has 0 spiro atoms. The molecule has 2 aromatic rings. The molecule has 0 aliphatic heterocycles. The molecule has 3 nitrogen and oxygen atoms in total. The van der Waals surface area contributed by atoms with E-state index >= 15 is 0 Å². The molecular weight excluding hydrogens is 349 g/mol. The van der Waals surface area contributed by atoms with Gasteiger partial charge in [0.15, 0.2) is 0 Å². The van der Waals surface area contributed by atoms with Gasteiger partial charge in [-0.05, 0) is 35.9 Å². The minimum atomic E-state index is -4.50. The van der Waals surface area contributed by atoms with Gasteiger partial charge in [-0.2, -0.15) is 13.2 Å². The predicted molar refractivity (Wildman–Crippen MR) is 94.7 cm³/mol. The molecule has 2 aromatic carbocycles. The number of rotatable bonds is 5. The van der Waals surface area contributed by atoms with Crippen LogP contribution >= 0.6 is 11.8 Å². The van der Waals surface area contributed by atoms with Crippen LogP contribution in [0.3, 0.4) is 0 Å². The van der Waals surface area contributed by atoms with Gasteiger partial charge in [-0.1, -0.05) is 26.0 Å². The summed E-state index contributed by atoms with van der Waals surface area (Å²) in [6.07, 6.45) is -4.50. The van der Waals surface area contributed by atoms with Gasteiger partial charge in [0.2, 0.25) is 0 Å². The summed E-state index contributed by atoms with van der Waals surface area (Å²) in [5.74, 6) is -0.453. The van der Waals surface area contributed by atoms with Crippen LogP contribution in [0.15, 0.2) is 47.4 Å². The highest BCUT2D eigenvalue weighted by Gasteiger charge is 2.31. The van der Waals surface area contributed by atoms with Crippen LogP contribution in [0.25, 0.3) is 0 Å². The Labute approximate surface area is 148 Å². The Kier molecular flexibility index (Phi) is 6.13. The Morgan fingerprint density at radius 2 is 1.88 bits per heavy atom. The molecule has 25 heavy (non-hydrogen) atoms. The van der Waals surface area contributed by atoms with E-state index in [-0.39, 0.29) is 17.5 Å². The zero-order valence-corrected chi connectivity index (χ0v) is 14.7. The van der Waals surface area contributed by atoms with Crippen molar-refractivity contribution < 1.29 is 18.0 Å². The molecule has 0 saturated carbocycles. The number of amides is 1. The molecule has 0 aliphatic carbocycles. The third-order valence-electron chi connectivity index (χ3n) is 3.31. The number of halogens is 3. The lowest BCUT2D eigenvalue weighted by Crippen LogP contribution is -2.15. The molecule has 134 valence electrons. The lowest BCUT2D eigenvalue weighted by Gasteiger charge is -2.14. The van der Waals surface area contributed by atoms with Crippen LogP contribution in [0, 0.1) is 0 Å². The van der Waals surface area contributed by atoms with Crippen LogP contribution < -0.4 is 11.1 Å². The van der Waals surface area contributed by atoms with Gasteiger partial charge in [0.1, 0.15) is 0 Å². The second kappa shape index (κ2) is 7.93. The third-order valence-corrected chi connectivity index (χ3v) is 4.39. The van der Waals surface area contributed by atoms with Gasteiger partial charge in [-0.3, -0.25) is 4.79 Å². The van der Waals surface area contributed by atoms with Crippen molar-refractivity contribution in [2.45, 2.75) is 36.7 Å². The molecular formula is C18H19F3N2OS. The molecule has 0 fully saturated rings. The standard InChI is InChI=1S/C18H19F3N2OS/c1-11(2)25-16-6-4-3-5-15(16)17(24)23-14-8-12(10-22)7-13(9-14)18(19,20)21/h3-9,11H,10,22H2,1-2H3,(H,23,24). The topological polar surface area (TPSA) is 55.1 Å². The Bertz CT molecular complexity index is 760. The lowest BCUT2D eigenvalue weighted by molar-refractivity contribution is -0.137. The van der Waals surface area contributed by atoms with E-state index < -0.39 is 17.6 Å². The highest BCUT2D eigenvalue weighted by atomic mass is 32.2. The van der Waals surface area contributed by atoms with Crippen molar-refractivity contribution in [3.63, 3.8) is 0 Å². The van der Waals surface area contributed by atoms with Gasteiger partial charge in [-0.25, -0.2) is 0 Å². The van der Waals surface area contributed by atoms with Gasteiger partial charge < -0.3 is 11.1 Å². The molecule has 0 radical (unpaired) electrons. The van der Waals surface area contributed by atoms with Crippen LogP contribution in [-0.4, -0.2) is 11.2 Å². The average molecular weight is 368 g/mol.